The standard InChI is InChI=1S/C21H22N4O/c1-3-15-7-4-6-14(2)20(15)25-13-17(10-19(25)26)21-23-12-18(24-21)16-8-5-9-22-11-16/h4-9,11-12,17H,3,10,13H2,1-2H3,(H,23,24)/t17-/m1/s1. The maximum Gasteiger partial charge on any atom is 0.227 e. The minimum atomic E-state index is 0.0808. The fourth-order valence-electron chi connectivity index (χ4n) is 3.71. The van der Waals surface area contributed by atoms with E-state index in [0.717, 1.165) is 34.8 Å². The topological polar surface area (TPSA) is 61.9 Å². The second-order valence-corrected chi connectivity index (χ2v) is 6.77. The molecule has 1 atom stereocenters. The molecule has 5 heteroatoms. The number of aromatic nitrogens is 3. The van der Waals surface area contributed by atoms with Crippen LogP contribution in [0.1, 0.15) is 36.2 Å². The molecule has 132 valence electrons. The number of aryl methyl sites for hydroxylation is 2. The summed E-state index contributed by atoms with van der Waals surface area (Å²) < 4.78 is 0. The van der Waals surface area contributed by atoms with Gasteiger partial charge in [0.1, 0.15) is 5.82 Å². The molecule has 1 aliphatic heterocycles. The Hall–Kier alpha value is -2.95. The normalized spacial score (nSPS) is 17.1. The van der Waals surface area contributed by atoms with Gasteiger partial charge in [-0.3, -0.25) is 9.78 Å². The molecule has 0 bridgehead atoms. The van der Waals surface area contributed by atoms with E-state index >= 15 is 0 Å². The van der Waals surface area contributed by atoms with Gasteiger partial charge in [-0.25, -0.2) is 4.98 Å². The van der Waals surface area contributed by atoms with Crippen LogP contribution in [0.3, 0.4) is 0 Å². The van der Waals surface area contributed by atoms with Crippen molar-refractivity contribution >= 4 is 11.6 Å². The van der Waals surface area contributed by atoms with Gasteiger partial charge in [0.2, 0.25) is 5.91 Å². The number of anilines is 1. The quantitative estimate of drug-likeness (QED) is 0.780. The molecule has 0 aliphatic carbocycles. The molecule has 3 aromatic rings. The number of hydrogen-bond donors (Lipinski definition) is 1. The van der Waals surface area contributed by atoms with Gasteiger partial charge >= 0.3 is 0 Å². The molecule has 0 unspecified atom stereocenters. The largest absolute Gasteiger partial charge is 0.342 e. The highest BCUT2D eigenvalue weighted by Gasteiger charge is 2.34. The van der Waals surface area contributed by atoms with Crippen LogP contribution in [0.15, 0.2) is 48.9 Å². The first kappa shape index (κ1) is 16.5. The predicted octanol–water partition coefficient (Wildman–Crippen LogP) is 3.86. The summed E-state index contributed by atoms with van der Waals surface area (Å²) >= 11 is 0. The van der Waals surface area contributed by atoms with E-state index in [-0.39, 0.29) is 11.8 Å². The Kier molecular flexibility index (Phi) is 4.29. The first-order chi connectivity index (χ1) is 12.7. The second kappa shape index (κ2) is 6.75. The van der Waals surface area contributed by atoms with Crippen molar-refractivity contribution in [2.75, 3.05) is 11.4 Å². The summed E-state index contributed by atoms with van der Waals surface area (Å²) in [5.74, 6) is 1.11. The molecule has 2 aromatic heterocycles. The van der Waals surface area contributed by atoms with E-state index in [2.05, 4.69) is 47.0 Å². The monoisotopic (exact) mass is 346 g/mol. The molecule has 0 saturated carbocycles. The van der Waals surface area contributed by atoms with E-state index in [1.807, 2.05) is 29.4 Å². The van der Waals surface area contributed by atoms with Crippen LogP contribution in [0.2, 0.25) is 0 Å². The van der Waals surface area contributed by atoms with Gasteiger partial charge in [-0.05, 0) is 36.6 Å². The van der Waals surface area contributed by atoms with Crippen LogP contribution in [-0.4, -0.2) is 27.4 Å². The highest BCUT2D eigenvalue weighted by molar-refractivity contribution is 5.97. The van der Waals surface area contributed by atoms with Gasteiger partial charge in [-0.1, -0.05) is 25.1 Å². The summed E-state index contributed by atoms with van der Waals surface area (Å²) in [6.45, 7) is 4.86. The molecular formula is C21H22N4O. The summed E-state index contributed by atoms with van der Waals surface area (Å²) in [6.07, 6.45) is 6.78. The van der Waals surface area contributed by atoms with E-state index in [1.54, 1.807) is 6.20 Å². The first-order valence-electron chi connectivity index (χ1n) is 9.01. The van der Waals surface area contributed by atoms with Crippen LogP contribution in [-0.2, 0) is 11.2 Å². The SMILES string of the molecule is CCc1cccc(C)c1N1C[C@H](c2ncc(-c3cccnc3)[nH]2)CC1=O. The molecule has 3 heterocycles. The molecule has 5 nitrogen and oxygen atoms in total. The molecule has 26 heavy (non-hydrogen) atoms. The van der Waals surface area contributed by atoms with Crippen LogP contribution in [0.5, 0.6) is 0 Å². The van der Waals surface area contributed by atoms with Crippen molar-refractivity contribution < 1.29 is 4.79 Å². The van der Waals surface area contributed by atoms with Crippen LogP contribution < -0.4 is 4.90 Å². The fourth-order valence-corrected chi connectivity index (χ4v) is 3.71. The number of nitrogens with one attached hydrogen (secondary N) is 1. The molecule has 0 radical (unpaired) electrons. The van der Waals surface area contributed by atoms with Gasteiger partial charge in [-0.15, -0.1) is 0 Å². The summed E-state index contributed by atoms with van der Waals surface area (Å²) in [7, 11) is 0. The van der Waals surface area contributed by atoms with Gasteiger partial charge in [0.25, 0.3) is 0 Å². The number of carbonyl (C=O) groups excluding carboxylic acids is 1. The zero-order chi connectivity index (χ0) is 18.1. The van der Waals surface area contributed by atoms with Crippen LogP contribution in [0, 0.1) is 6.92 Å². The third-order valence-corrected chi connectivity index (χ3v) is 5.05. The Labute approximate surface area is 153 Å². The molecule has 1 fully saturated rings. The highest BCUT2D eigenvalue weighted by Crippen LogP contribution is 2.35. The lowest BCUT2D eigenvalue weighted by Crippen LogP contribution is -2.26. The fraction of sp³-hybridized carbons (Fsp3) is 0.286. The minimum Gasteiger partial charge on any atom is -0.342 e. The van der Waals surface area contributed by atoms with Crippen molar-refractivity contribution in [1.29, 1.82) is 0 Å². The Morgan fingerprint density at radius 1 is 1.23 bits per heavy atom. The summed E-state index contributed by atoms with van der Waals surface area (Å²) in [4.78, 5) is 26.7. The van der Waals surface area contributed by atoms with Crippen molar-refractivity contribution in [3.63, 3.8) is 0 Å². The smallest absolute Gasteiger partial charge is 0.227 e. The molecule has 4 rings (SSSR count). The lowest BCUT2D eigenvalue weighted by atomic mass is 10.0. The Bertz CT molecular complexity index is 932. The van der Waals surface area contributed by atoms with Gasteiger partial charge in [-0.2, -0.15) is 0 Å². The lowest BCUT2D eigenvalue weighted by Gasteiger charge is -2.22. The van der Waals surface area contributed by atoms with E-state index in [0.29, 0.717) is 13.0 Å². The second-order valence-electron chi connectivity index (χ2n) is 6.77. The van der Waals surface area contributed by atoms with E-state index in [4.69, 9.17) is 0 Å². The number of H-pyrrole nitrogens is 1. The zero-order valence-electron chi connectivity index (χ0n) is 15.1. The van der Waals surface area contributed by atoms with Crippen molar-refractivity contribution in [1.82, 2.24) is 15.0 Å². The molecule has 1 aliphatic rings. The maximum absolute atomic E-state index is 12.7. The number of nitrogens with zero attached hydrogens (tertiary/aromatic N) is 3. The number of benzene rings is 1. The van der Waals surface area contributed by atoms with Gasteiger partial charge in [0, 0.05) is 42.5 Å². The number of hydrogen-bond acceptors (Lipinski definition) is 3. The van der Waals surface area contributed by atoms with E-state index < -0.39 is 0 Å². The number of imidazole rings is 1. The average Bonchev–Trinajstić information content (AvgIpc) is 3.29. The van der Waals surface area contributed by atoms with Crippen molar-refractivity contribution in [2.45, 2.75) is 32.6 Å². The van der Waals surface area contributed by atoms with Crippen LogP contribution >= 0.6 is 0 Å². The Morgan fingerprint density at radius 2 is 2.12 bits per heavy atom. The van der Waals surface area contributed by atoms with Crippen LogP contribution in [0.25, 0.3) is 11.3 Å². The van der Waals surface area contributed by atoms with Crippen molar-refractivity contribution in [3.05, 3.63) is 65.9 Å². The molecular weight excluding hydrogens is 324 g/mol. The number of pyridine rings is 1. The van der Waals surface area contributed by atoms with Crippen molar-refractivity contribution in [2.24, 2.45) is 0 Å². The summed E-state index contributed by atoms with van der Waals surface area (Å²) in [5.41, 5.74) is 5.37. The third-order valence-electron chi connectivity index (χ3n) is 5.05. The molecule has 1 amide bonds. The molecule has 1 saturated heterocycles. The predicted molar refractivity (Wildman–Crippen MR) is 102 cm³/mol. The van der Waals surface area contributed by atoms with E-state index in [9.17, 15) is 4.79 Å². The minimum absolute atomic E-state index is 0.0808. The highest BCUT2D eigenvalue weighted by atomic mass is 16.2. The zero-order valence-corrected chi connectivity index (χ0v) is 15.1. The van der Waals surface area contributed by atoms with E-state index in [1.165, 1.54) is 5.56 Å². The lowest BCUT2D eigenvalue weighted by molar-refractivity contribution is -0.117. The van der Waals surface area contributed by atoms with Gasteiger partial charge in [0.15, 0.2) is 0 Å². The summed E-state index contributed by atoms with van der Waals surface area (Å²) in [6, 6.07) is 10.1. The number of amides is 1. The number of aromatic amines is 1. The number of para-hydroxylation sites is 1. The average molecular weight is 346 g/mol. The molecule has 1 aromatic carbocycles. The third kappa shape index (κ3) is 2.90. The number of carbonyl (C=O) groups is 1. The molecule has 1 N–H and O–H groups in total. The van der Waals surface area contributed by atoms with Gasteiger partial charge < -0.3 is 9.88 Å². The Balaban J connectivity index is 1.61. The number of rotatable bonds is 4. The molecule has 0 spiro atoms. The summed E-state index contributed by atoms with van der Waals surface area (Å²) in [5, 5.41) is 0. The van der Waals surface area contributed by atoms with Gasteiger partial charge in [0.05, 0.1) is 11.9 Å². The van der Waals surface area contributed by atoms with Crippen molar-refractivity contribution in [3.8, 4) is 11.3 Å². The maximum atomic E-state index is 12.7. The Morgan fingerprint density at radius 3 is 2.88 bits per heavy atom. The first-order valence-corrected chi connectivity index (χ1v) is 9.01. The van der Waals surface area contributed by atoms with Crippen LogP contribution in [0.4, 0.5) is 5.69 Å².